The predicted octanol–water partition coefficient (Wildman–Crippen LogP) is 5.36. The van der Waals surface area contributed by atoms with Gasteiger partial charge in [-0.1, -0.05) is 97.6 Å². The molecule has 0 unspecified atom stereocenters. The van der Waals surface area contributed by atoms with Crippen molar-refractivity contribution in [2.75, 3.05) is 6.61 Å². The molecule has 0 amide bonds. The van der Waals surface area contributed by atoms with Gasteiger partial charge >= 0.3 is 11.9 Å². The average molecular weight is 603 g/mol. The molecule has 4 aliphatic carbocycles. The maximum absolute atomic E-state index is 13.3. The van der Waals surface area contributed by atoms with Crippen LogP contribution in [-0.4, -0.2) is 62.6 Å². The molecule has 2 saturated carbocycles. The van der Waals surface area contributed by atoms with Gasteiger partial charge in [-0.2, -0.15) is 0 Å². The summed E-state index contributed by atoms with van der Waals surface area (Å²) in [6, 6.07) is 0. The van der Waals surface area contributed by atoms with Gasteiger partial charge in [0.1, 0.15) is 11.7 Å². The summed E-state index contributed by atoms with van der Waals surface area (Å²) in [6.07, 6.45) is 14.0. The van der Waals surface area contributed by atoms with Gasteiger partial charge in [0, 0.05) is 48.9 Å². The molecule has 4 rings (SSSR count). The van der Waals surface area contributed by atoms with Crippen molar-refractivity contribution < 1.29 is 39.2 Å². The van der Waals surface area contributed by atoms with Crippen molar-refractivity contribution >= 4 is 17.7 Å². The molecule has 4 aliphatic rings. The first-order valence-electron chi connectivity index (χ1n) is 16.6. The highest BCUT2D eigenvalue weighted by atomic mass is 16.6. The second kappa shape index (κ2) is 12.8. The van der Waals surface area contributed by atoms with Crippen LogP contribution >= 0.6 is 0 Å². The lowest BCUT2D eigenvalue weighted by atomic mass is 9.59. The number of aliphatic hydroxyl groups excluding tert-OH is 1. The van der Waals surface area contributed by atoms with E-state index in [2.05, 4.69) is 6.92 Å². The van der Waals surface area contributed by atoms with Crippen molar-refractivity contribution in [2.45, 2.75) is 141 Å². The second-order valence-corrected chi connectivity index (χ2v) is 14.4. The number of rotatable bonds is 14. The van der Waals surface area contributed by atoms with Gasteiger partial charge in [0.2, 0.25) is 0 Å². The average Bonchev–Trinajstić information content (AvgIpc) is 3.37. The van der Waals surface area contributed by atoms with Crippen LogP contribution in [0.3, 0.4) is 0 Å². The van der Waals surface area contributed by atoms with Crippen LogP contribution in [0.5, 0.6) is 0 Å². The van der Waals surface area contributed by atoms with E-state index in [-0.39, 0.29) is 19.4 Å². The summed E-state index contributed by atoms with van der Waals surface area (Å²) in [6.45, 7) is 10.4. The zero-order chi connectivity index (χ0) is 31.8. The number of hydrogen-bond donors (Lipinski definition) is 3. The molecular formula is C35H54O8. The number of hydrogen-bond acceptors (Lipinski definition) is 8. The first-order chi connectivity index (χ1) is 20.2. The Kier molecular flexibility index (Phi) is 10.0. The normalized spacial score (nSPS) is 37.3. The zero-order valence-corrected chi connectivity index (χ0v) is 27.1. The largest absolute Gasteiger partial charge is 0.458 e. The molecule has 43 heavy (non-hydrogen) atoms. The van der Waals surface area contributed by atoms with Gasteiger partial charge in [-0.15, -0.1) is 0 Å². The van der Waals surface area contributed by atoms with Crippen LogP contribution in [0.4, 0.5) is 0 Å². The van der Waals surface area contributed by atoms with Crippen molar-refractivity contribution in [1.29, 1.82) is 0 Å². The maximum atomic E-state index is 13.3. The molecule has 3 N–H and O–H groups in total. The van der Waals surface area contributed by atoms with Gasteiger partial charge in [0.25, 0.3) is 0 Å². The van der Waals surface area contributed by atoms with Gasteiger partial charge in [-0.05, 0) is 24.5 Å². The number of unbranched alkanes of at least 4 members (excludes halogenated alkanes) is 9. The Labute approximate surface area is 257 Å². The number of esters is 2. The predicted molar refractivity (Wildman–Crippen MR) is 163 cm³/mol. The Morgan fingerprint density at radius 1 is 0.977 bits per heavy atom. The van der Waals surface area contributed by atoms with E-state index >= 15 is 0 Å². The number of carbonyl (C=O) groups is 3. The minimum Gasteiger partial charge on any atom is -0.458 e. The Hall–Kier alpha value is -2.03. The monoisotopic (exact) mass is 602 g/mol. The molecule has 8 nitrogen and oxygen atoms in total. The third-order valence-electron chi connectivity index (χ3n) is 11.3. The molecule has 0 aromatic rings. The molecule has 2 fully saturated rings. The Bertz CT molecular complexity index is 1140. The van der Waals surface area contributed by atoms with E-state index in [1.165, 1.54) is 45.4 Å². The maximum Gasteiger partial charge on any atom is 0.306 e. The van der Waals surface area contributed by atoms with Gasteiger partial charge < -0.3 is 24.8 Å². The standard InChI is InChI=1S/C35H54O8/c1-7-8-9-10-11-12-13-14-15-16-17-28(38)42-31-23(3)34(41)26(29-32(5,6)35(29,31)43-24(4)37)19-25(21-36)20-33(40)27(34)18-22(2)30(33)39/h18-19,23,26-27,29,31,36,40-41H,7-17,20-21H2,1-6H3/t23-,26+,27-,29-,31-,33-,34-,35-/m1/s1. The number of ether oxygens (including phenoxy) is 2. The summed E-state index contributed by atoms with van der Waals surface area (Å²) < 4.78 is 12.3. The van der Waals surface area contributed by atoms with Crippen LogP contribution in [-0.2, 0) is 23.9 Å². The molecule has 8 atom stereocenters. The molecule has 0 heterocycles. The van der Waals surface area contributed by atoms with Crippen molar-refractivity contribution in [3.05, 3.63) is 23.3 Å². The fourth-order valence-electron chi connectivity index (χ4n) is 9.02. The van der Waals surface area contributed by atoms with Crippen molar-refractivity contribution in [3.8, 4) is 0 Å². The topological polar surface area (TPSA) is 130 Å². The summed E-state index contributed by atoms with van der Waals surface area (Å²) in [5.74, 6) is -4.30. The van der Waals surface area contributed by atoms with Crippen LogP contribution in [0.25, 0.3) is 0 Å². The third-order valence-corrected chi connectivity index (χ3v) is 11.3. The quantitative estimate of drug-likeness (QED) is 0.138. The van der Waals surface area contributed by atoms with Crippen molar-refractivity contribution in [3.63, 3.8) is 0 Å². The smallest absolute Gasteiger partial charge is 0.306 e. The first kappa shape index (κ1) is 33.9. The highest BCUT2D eigenvalue weighted by Gasteiger charge is 2.87. The number of Topliss-reactive ketones (excluding diaryl/α,β-unsaturated/α-hetero) is 1. The third kappa shape index (κ3) is 5.65. The van der Waals surface area contributed by atoms with Crippen LogP contribution in [0.2, 0.25) is 0 Å². The number of aliphatic hydroxyl groups is 3. The van der Waals surface area contributed by atoms with Crippen LogP contribution in [0.15, 0.2) is 23.3 Å². The molecule has 0 aromatic heterocycles. The highest BCUT2D eigenvalue weighted by molar-refractivity contribution is 6.04. The van der Waals surface area contributed by atoms with E-state index in [4.69, 9.17) is 9.47 Å². The van der Waals surface area contributed by atoms with Gasteiger partial charge in [0.15, 0.2) is 11.4 Å². The molecular weight excluding hydrogens is 548 g/mol. The number of carbonyl (C=O) groups excluding carboxylic acids is 3. The summed E-state index contributed by atoms with van der Waals surface area (Å²) in [4.78, 5) is 39.1. The van der Waals surface area contributed by atoms with Crippen molar-refractivity contribution in [2.24, 2.45) is 29.1 Å². The Morgan fingerprint density at radius 3 is 2.12 bits per heavy atom. The van der Waals surface area contributed by atoms with E-state index in [9.17, 15) is 29.7 Å². The Morgan fingerprint density at radius 2 is 1.56 bits per heavy atom. The molecule has 0 bridgehead atoms. The van der Waals surface area contributed by atoms with Gasteiger partial charge in [0.05, 0.1) is 12.2 Å². The summed E-state index contributed by atoms with van der Waals surface area (Å²) in [5.41, 5.74) is -4.71. The minimum absolute atomic E-state index is 0.108. The number of ketones is 1. The van der Waals surface area contributed by atoms with E-state index in [1.807, 2.05) is 13.8 Å². The van der Waals surface area contributed by atoms with E-state index in [0.29, 0.717) is 17.6 Å². The molecule has 0 aliphatic heterocycles. The summed E-state index contributed by atoms with van der Waals surface area (Å²) in [7, 11) is 0. The lowest BCUT2D eigenvalue weighted by Gasteiger charge is -2.53. The Balaban J connectivity index is 1.55. The van der Waals surface area contributed by atoms with Crippen LogP contribution in [0.1, 0.15) is 119 Å². The fraction of sp³-hybridized carbons (Fsp3) is 0.800. The molecule has 0 saturated heterocycles. The van der Waals surface area contributed by atoms with Crippen molar-refractivity contribution in [1.82, 2.24) is 0 Å². The van der Waals surface area contributed by atoms with E-state index < -0.39 is 69.7 Å². The summed E-state index contributed by atoms with van der Waals surface area (Å²) >= 11 is 0. The lowest BCUT2D eigenvalue weighted by molar-refractivity contribution is -0.228. The first-order valence-corrected chi connectivity index (χ1v) is 16.6. The van der Waals surface area contributed by atoms with Crippen LogP contribution < -0.4 is 0 Å². The van der Waals surface area contributed by atoms with E-state index in [0.717, 1.165) is 19.3 Å². The second-order valence-electron chi connectivity index (χ2n) is 14.4. The van der Waals surface area contributed by atoms with Crippen LogP contribution in [0, 0.1) is 29.1 Å². The van der Waals surface area contributed by atoms with Gasteiger partial charge in [-0.3, -0.25) is 14.4 Å². The molecule has 8 heteroatoms. The number of fused-ring (bicyclic) bond motifs is 5. The lowest BCUT2D eigenvalue weighted by Crippen LogP contribution is -2.66. The molecule has 0 spiro atoms. The van der Waals surface area contributed by atoms with Gasteiger partial charge in [-0.25, -0.2) is 0 Å². The zero-order valence-electron chi connectivity index (χ0n) is 27.1. The minimum atomic E-state index is -1.93. The summed E-state index contributed by atoms with van der Waals surface area (Å²) in [5, 5.41) is 34.8. The molecule has 242 valence electrons. The highest BCUT2D eigenvalue weighted by Crippen LogP contribution is 2.77. The SMILES string of the molecule is CCCCCCCCCCCCC(=O)O[C@@H]1[C@@H](C)[C@@]2(O)[C@@H](C=C(CO)C[C@]3(O)C(=O)C(C)=C[C@@H]23)[C@@H]2C(C)(C)[C@]12OC(C)=O. The molecule has 0 radical (unpaired) electrons. The fourth-order valence-corrected chi connectivity index (χ4v) is 9.02. The van der Waals surface area contributed by atoms with E-state index in [1.54, 1.807) is 26.0 Å². The molecule has 0 aromatic carbocycles.